The second kappa shape index (κ2) is 11.0. The zero-order valence-electron chi connectivity index (χ0n) is 19.2. The molecule has 0 radical (unpaired) electrons. The maximum absolute atomic E-state index is 13.7. The Labute approximate surface area is 198 Å². The number of halogens is 1. The SMILES string of the molecule is CC(c1nc(N)nc(Nc2ccccc2)n1)N1CCC(C(=O)NCCc2ccccc2F)CC1. The number of benzene rings is 2. The Morgan fingerprint density at radius 3 is 2.53 bits per heavy atom. The highest BCUT2D eigenvalue weighted by molar-refractivity contribution is 5.78. The molecule has 1 aliphatic heterocycles. The number of piperidine rings is 1. The monoisotopic (exact) mass is 463 g/mol. The number of rotatable bonds is 8. The van der Waals surface area contributed by atoms with Crippen LogP contribution in [-0.2, 0) is 11.2 Å². The van der Waals surface area contributed by atoms with Gasteiger partial charge in [-0.3, -0.25) is 9.69 Å². The normalized spacial score (nSPS) is 15.6. The van der Waals surface area contributed by atoms with E-state index in [-0.39, 0.29) is 29.6 Å². The van der Waals surface area contributed by atoms with Gasteiger partial charge < -0.3 is 16.4 Å². The van der Waals surface area contributed by atoms with Crippen molar-refractivity contribution in [2.24, 2.45) is 5.92 Å². The molecule has 34 heavy (non-hydrogen) atoms. The Hall–Kier alpha value is -3.59. The number of hydrogen-bond acceptors (Lipinski definition) is 7. The van der Waals surface area contributed by atoms with Crippen LogP contribution in [0.1, 0.15) is 37.2 Å². The molecule has 0 spiro atoms. The van der Waals surface area contributed by atoms with E-state index in [0.717, 1.165) is 31.6 Å². The predicted molar refractivity (Wildman–Crippen MR) is 130 cm³/mol. The van der Waals surface area contributed by atoms with Crippen molar-refractivity contribution in [3.63, 3.8) is 0 Å². The first-order chi connectivity index (χ1) is 16.5. The molecule has 0 aliphatic carbocycles. The van der Waals surface area contributed by atoms with Crippen molar-refractivity contribution in [1.82, 2.24) is 25.2 Å². The summed E-state index contributed by atoms with van der Waals surface area (Å²) in [6.45, 7) is 3.97. The summed E-state index contributed by atoms with van der Waals surface area (Å²) in [5.41, 5.74) is 7.43. The fourth-order valence-corrected chi connectivity index (χ4v) is 4.18. The molecule has 0 bridgehead atoms. The van der Waals surface area contributed by atoms with Crippen LogP contribution in [0.25, 0.3) is 0 Å². The zero-order valence-corrected chi connectivity index (χ0v) is 19.2. The summed E-state index contributed by atoms with van der Waals surface area (Å²) in [6.07, 6.45) is 1.96. The van der Waals surface area contributed by atoms with Crippen molar-refractivity contribution in [3.05, 3.63) is 71.8 Å². The summed E-state index contributed by atoms with van der Waals surface area (Å²) in [6, 6.07) is 16.2. The quantitative estimate of drug-likeness (QED) is 0.469. The van der Waals surface area contributed by atoms with E-state index in [1.807, 2.05) is 37.3 Å². The molecule has 3 aromatic rings. The number of aromatic nitrogens is 3. The highest BCUT2D eigenvalue weighted by atomic mass is 19.1. The van der Waals surface area contributed by atoms with Crippen LogP contribution in [0.2, 0.25) is 0 Å². The van der Waals surface area contributed by atoms with E-state index >= 15 is 0 Å². The van der Waals surface area contributed by atoms with E-state index in [1.165, 1.54) is 6.07 Å². The Bertz CT molecular complexity index is 1100. The number of likely N-dealkylation sites (tertiary alicyclic amines) is 1. The van der Waals surface area contributed by atoms with Gasteiger partial charge in [-0.1, -0.05) is 36.4 Å². The van der Waals surface area contributed by atoms with Crippen LogP contribution in [0.15, 0.2) is 54.6 Å². The average Bonchev–Trinajstić information content (AvgIpc) is 2.85. The van der Waals surface area contributed by atoms with E-state index in [9.17, 15) is 9.18 Å². The molecule has 4 N–H and O–H groups in total. The van der Waals surface area contributed by atoms with Gasteiger partial charge in [0.25, 0.3) is 0 Å². The van der Waals surface area contributed by atoms with Gasteiger partial charge in [-0.2, -0.15) is 15.0 Å². The average molecular weight is 464 g/mol. The summed E-state index contributed by atoms with van der Waals surface area (Å²) < 4.78 is 13.7. The molecule has 1 aliphatic rings. The Kier molecular flexibility index (Phi) is 7.64. The van der Waals surface area contributed by atoms with Crippen molar-refractivity contribution >= 4 is 23.5 Å². The van der Waals surface area contributed by atoms with Gasteiger partial charge in [-0.15, -0.1) is 0 Å². The fourth-order valence-electron chi connectivity index (χ4n) is 4.18. The van der Waals surface area contributed by atoms with Crippen molar-refractivity contribution in [2.45, 2.75) is 32.2 Å². The number of nitrogens with two attached hydrogens (primary N) is 1. The lowest BCUT2D eigenvalue weighted by Gasteiger charge is -2.34. The molecule has 2 aromatic carbocycles. The maximum atomic E-state index is 13.7. The van der Waals surface area contributed by atoms with Gasteiger partial charge in [0, 0.05) is 18.2 Å². The minimum absolute atomic E-state index is 0.0300. The minimum atomic E-state index is -0.236. The van der Waals surface area contributed by atoms with E-state index in [1.54, 1.807) is 18.2 Å². The van der Waals surface area contributed by atoms with Crippen molar-refractivity contribution in [3.8, 4) is 0 Å². The molecule has 9 heteroatoms. The van der Waals surface area contributed by atoms with Crippen LogP contribution in [-0.4, -0.2) is 45.4 Å². The first-order valence-corrected chi connectivity index (χ1v) is 11.6. The second-order valence-electron chi connectivity index (χ2n) is 8.49. The van der Waals surface area contributed by atoms with Crippen molar-refractivity contribution < 1.29 is 9.18 Å². The Morgan fingerprint density at radius 2 is 1.79 bits per heavy atom. The topological polar surface area (TPSA) is 109 Å². The molecule has 178 valence electrons. The van der Waals surface area contributed by atoms with E-state index < -0.39 is 0 Å². The van der Waals surface area contributed by atoms with Crippen LogP contribution < -0.4 is 16.4 Å². The smallest absolute Gasteiger partial charge is 0.232 e. The number of nitrogens with zero attached hydrogens (tertiary/aromatic N) is 4. The largest absolute Gasteiger partial charge is 0.368 e. The predicted octanol–water partition coefficient (Wildman–Crippen LogP) is 3.47. The van der Waals surface area contributed by atoms with E-state index in [4.69, 9.17) is 5.73 Å². The van der Waals surface area contributed by atoms with Gasteiger partial charge in [-0.25, -0.2) is 4.39 Å². The third kappa shape index (κ3) is 6.05. The number of nitrogens with one attached hydrogen (secondary N) is 2. The molecule has 2 heterocycles. The number of anilines is 3. The van der Waals surface area contributed by atoms with Gasteiger partial charge in [0.1, 0.15) is 5.82 Å². The number of amides is 1. The fraction of sp³-hybridized carbons (Fsp3) is 0.360. The standard InChI is InChI=1S/C25H30FN7O/c1-17(22-30-24(27)32-25(31-22)29-20-8-3-2-4-9-20)33-15-12-19(13-16-33)23(34)28-14-11-18-7-5-6-10-21(18)26/h2-10,17,19H,11-16H2,1H3,(H,28,34)(H3,27,29,30,31,32). The molecular weight excluding hydrogens is 433 g/mol. The first kappa shape index (κ1) is 23.6. The minimum Gasteiger partial charge on any atom is -0.368 e. The maximum Gasteiger partial charge on any atom is 0.232 e. The zero-order chi connectivity index (χ0) is 23.9. The lowest BCUT2D eigenvalue weighted by Crippen LogP contribution is -2.42. The third-order valence-electron chi connectivity index (χ3n) is 6.17. The Morgan fingerprint density at radius 1 is 1.09 bits per heavy atom. The number of carbonyl (C=O) groups is 1. The lowest BCUT2D eigenvalue weighted by atomic mass is 9.95. The highest BCUT2D eigenvalue weighted by Crippen LogP contribution is 2.26. The number of carbonyl (C=O) groups excluding carboxylic acids is 1. The second-order valence-corrected chi connectivity index (χ2v) is 8.49. The molecule has 1 fully saturated rings. The summed E-state index contributed by atoms with van der Waals surface area (Å²) in [5.74, 6) is 0.910. The van der Waals surface area contributed by atoms with Gasteiger partial charge in [-0.05, 0) is 63.0 Å². The third-order valence-corrected chi connectivity index (χ3v) is 6.17. The summed E-state index contributed by atoms with van der Waals surface area (Å²) in [5, 5.41) is 6.12. The van der Waals surface area contributed by atoms with Crippen LogP contribution in [0.5, 0.6) is 0 Å². The van der Waals surface area contributed by atoms with E-state index in [2.05, 4.69) is 30.5 Å². The van der Waals surface area contributed by atoms with Crippen LogP contribution >= 0.6 is 0 Å². The molecular formula is C25H30FN7O. The lowest BCUT2D eigenvalue weighted by molar-refractivity contribution is -0.126. The molecule has 1 saturated heterocycles. The molecule has 1 amide bonds. The van der Waals surface area contributed by atoms with Gasteiger partial charge in [0.2, 0.25) is 17.8 Å². The van der Waals surface area contributed by atoms with Crippen molar-refractivity contribution in [2.75, 3.05) is 30.7 Å². The Balaban J connectivity index is 1.29. The molecule has 1 unspecified atom stereocenters. The van der Waals surface area contributed by atoms with Gasteiger partial charge in [0.15, 0.2) is 5.82 Å². The molecule has 0 saturated carbocycles. The van der Waals surface area contributed by atoms with Gasteiger partial charge >= 0.3 is 0 Å². The number of hydrogen-bond donors (Lipinski definition) is 3. The first-order valence-electron chi connectivity index (χ1n) is 11.6. The number of para-hydroxylation sites is 1. The van der Waals surface area contributed by atoms with Crippen LogP contribution in [0.4, 0.5) is 22.0 Å². The molecule has 8 nitrogen and oxygen atoms in total. The highest BCUT2D eigenvalue weighted by Gasteiger charge is 2.29. The number of nitrogen functional groups attached to an aromatic ring is 1. The summed E-state index contributed by atoms with van der Waals surface area (Å²) in [7, 11) is 0. The van der Waals surface area contributed by atoms with Crippen molar-refractivity contribution in [1.29, 1.82) is 0 Å². The van der Waals surface area contributed by atoms with E-state index in [0.29, 0.717) is 30.3 Å². The molecule has 1 atom stereocenters. The summed E-state index contributed by atoms with van der Waals surface area (Å²) in [4.78, 5) is 28.0. The molecule has 1 aromatic heterocycles. The summed E-state index contributed by atoms with van der Waals surface area (Å²) >= 11 is 0. The van der Waals surface area contributed by atoms with Crippen LogP contribution in [0, 0.1) is 11.7 Å². The van der Waals surface area contributed by atoms with Gasteiger partial charge in [0.05, 0.1) is 6.04 Å². The molecule has 4 rings (SSSR count). The van der Waals surface area contributed by atoms with Crippen LogP contribution in [0.3, 0.4) is 0 Å².